The first-order valence-corrected chi connectivity index (χ1v) is 10.6. The van der Waals surface area contributed by atoms with E-state index in [0.717, 1.165) is 25.7 Å². The van der Waals surface area contributed by atoms with Gasteiger partial charge in [-0.2, -0.15) is 4.31 Å². The number of benzene rings is 1. The second-order valence-corrected chi connectivity index (χ2v) is 8.73. The predicted molar refractivity (Wildman–Crippen MR) is 96.9 cm³/mol. The van der Waals surface area contributed by atoms with Crippen LogP contribution in [0, 0.1) is 0 Å². The lowest BCUT2D eigenvalue weighted by Crippen LogP contribution is -2.48. The summed E-state index contributed by atoms with van der Waals surface area (Å²) >= 11 is 0. The summed E-state index contributed by atoms with van der Waals surface area (Å²) in [5.74, 6) is -1.51. The van der Waals surface area contributed by atoms with Gasteiger partial charge >= 0.3 is 5.97 Å². The van der Waals surface area contributed by atoms with E-state index >= 15 is 0 Å². The molecule has 2 fully saturated rings. The summed E-state index contributed by atoms with van der Waals surface area (Å²) in [6.07, 6.45) is 2.65. The van der Waals surface area contributed by atoms with Gasteiger partial charge in [0.1, 0.15) is 0 Å². The number of nitrogens with zero attached hydrogens (tertiary/aromatic N) is 2. The molecule has 8 nitrogen and oxygen atoms in total. The second kappa shape index (κ2) is 8.37. The lowest BCUT2D eigenvalue weighted by atomic mass is 10.1. The third-order valence-corrected chi connectivity index (χ3v) is 6.81. The summed E-state index contributed by atoms with van der Waals surface area (Å²) in [6, 6.07) is 5.98. The van der Waals surface area contributed by atoms with Gasteiger partial charge < -0.3 is 14.7 Å². The van der Waals surface area contributed by atoms with Crippen molar-refractivity contribution < 1.29 is 27.9 Å². The number of hydrogen-bond donors (Lipinski definition) is 1. The maximum Gasteiger partial charge on any atom is 0.334 e. The highest BCUT2D eigenvalue weighted by Crippen LogP contribution is 2.22. The van der Waals surface area contributed by atoms with Crippen LogP contribution in [0.5, 0.6) is 0 Å². The summed E-state index contributed by atoms with van der Waals surface area (Å²) in [5, 5.41) is 9.08. The average molecular weight is 396 g/mol. The zero-order valence-corrected chi connectivity index (χ0v) is 15.9. The van der Waals surface area contributed by atoms with Crippen LogP contribution < -0.4 is 0 Å². The van der Waals surface area contributed by atoms with Crippen LogP contribution in [-0.4, -0.2) is 73.5 Å². The number of morpholine rings is 1. The molecular weight excluding hydrogens is 372 g/mol. The fourth-order valence-electron chi connectivity index (χ4n) is 3.39. The van der Waals surface area contributed by atoms with Crippen molar-refractivity contribution in [1.29, 1.82) is 0 Å². The van der Waals surface area contributed by atoms with Gasteiger partial charge in [0.2, 0.25) is 10.0 Å². The van der Waals surface area contributed by atoms with Gasteiger partial charge in [-0.3, -0.25) is 4.79 Å². The smallest absolute Gasteiger partial charge is 0.334 e. The number of sulfonamides is 1. The Morgan fingerprint density at radius 2 is 1.78 bits per heavy atom. The molecule has 0 bridgehead atoms. The summed E-state index contributed by atoms with van der Waals surface area (Å²) in [6.45, 7) is 1.33. The number of carbonyl (C=O) groups excluding carboxylic acids is 1. The van der Waals surface area contributed by atoms with Gasteiger partial charge in [0.25, 0.3) is 5.91 Å². The van der Waals surface area contributed by atoms with Gasteiger partial charge in [-0.25, -0.2) is 13.2 Å². The fraction of sp³-hybridized carbons (Fsp3) is 0.556. The summed E-state index contributed by atoms with van der Waals surface area (Å²) < 4.78 is 32.5. The molecule has 27 heavy (non-hydrogen) atoms. The molecule has 2 aliphatic heterocycles. The van der Waals surface area contributed by atoms with E-state index in [4.69, 9.17) is 9.84 Å². The van der Waals surface area contributed by atoms with Crippen molar-refractivity contribution in [3.05, 3.63) is 29.8 Å². The molecule has 1 aromatic carbocycles. The first-order valence-electron chi connectivity index (χ1n) is 9.13. The third-order valence-electron chi connectivity index (χ3n) is 4.91. The minimum absolute atomic E-state index is 0.0583. The number of carboxylic acid groups (broad SMARTS) is 1. The molecule has 0 saturated carbocycles. The maximum absolute atomic E-state index is 12.9. The minimum Gasteiger partial charge on any atom is -0.479 e. The molecule has 2 aliphatic rings. The summed E-state index contributed by atoms with van der Waals surface area (Å²) in [4.78, 5) is 25.3. The van der Waals surface area contributed by atoms with Crippen molar-refractivity contribution in [2.75, 3.05) is 32.8 Å². The maximum atomic E-state index is 12.9. The van der Waals surface area contributed by atoms with Crippen molar-refractivity contribution >= 4 is 21.9 Å². The molecule has 1 N–H and O–H groups in total. The SMILES string of the molecule is O=C(O)C1CN(C(=O)c2cccc(S(=O)(=O)N3CCCCCC3)c2)CCO1. The highest BCUT2D eigenvalue weighted by Gasteiger charge is 2.31. The zero-order chi connectivity index (χ0) is 19.4. The summed E-state index contributed by atoms with van der Waals surface area (Å²) in [7, 11) is -3.65. The number of aliphatic carboxylic acids is 1. The molecule has 1 amide bonds. The van der Waals surface area contributed by atoms with E-state index in [1.54, 1.807) is 12.1 Å². The Morgan fingerprint density at radius 1 is 1.07 bits per heavy atom. The number of ether oxygens (including phenoxy) is 1. The second-order valence-electron chi connectivity index (χ2n) is 6.79. The van der Waals surface area contributed by atoms with Crippen molar-refractivity contribution in [2.45, 2.75) is 36.7 Å². The molecule has 0 radical (unpaired) electrons. The first-order chi connectivity index (χ1) is 12.9. The summed E-state index contributed by atoms with van der Waals surface area (Å²) in [5.41, 5.74) is 0.233. The minimum atomic E-state index is -3.65. The van der Waals surface area contributed by atoms with E-state index < -0.39 is 28.0 Å². The van der Waals surface area contributed by atoms with Gasteiger partial charge in [0.05, 0.1) is 18.0 Å². The van der Waals surface area contributed by atoms with Crippen molar-refractivity contribution in [1.82, 2.24) is 9.21 Å². The quantitative estimate of drug-likeness (QED) is 0.819. The van der Waals surface area contributed by atoms with Crippen LogP contribution >= 0.6 is 0 Å². The van der Waals surface area contributed by atoms with Crippen molar-refractivity contribution in [3.63, 3.8) is 0 Å². The zero-order valence-electron chi connectivity index (χ0n) is 15.0. The Balaban J connectivity index is 1.80. The van der Waals surface area contributed by atoms with Gasteiger partial charge in [-0.05, 0) is 31.0 Å². The number of carboxylic acids is 1. The molecule has 2 saturated heterocycles. The van der Waals surface area contributed by atoms with E-state index in [-0.39, 0.29) is 30.2 Å². The molecule has 1 atom stereocenters. The lowest BCUT2D eigenvalue weighted by Gasteiger charge is -2.31. The van der Waals surface area contributed by atoms with Crippen LogP contribution in [0.3, 0.4) is 0 Å². The molecule has 1 aromatic rings. The van der Waals surface area contributed by atoms with E-state index in [0.29, 0.717) is 13.1 Å². The predicted octanol–water partition coefficient (Wildman–Crippen LogP) is 1.18. The molecule has 0 spiro atoms. The number of hydrogen-bond acceptors (Lipinski definition) is 5. The van der Waals surface area contributed by atoms with Crippen molar-refractivity contribution in [3.8, 4) is 0 Å². The fourth-order valence-corrected chi connectivity index (χ4v) is 4.95. The van der Waals surface area contributed by atoms with E-state index in [1.165, 1.54) is 21.3 Å². The third kappa shape index (κ3) is 4.48. The standard InChI is InChI=1S/C18H24N2O6S/c21-17(19-10-11-26-16(13-19)18(22)23)14-6-5-7-15(12-14)27(24,25)20-8-3-1-2-4-9-20/h5-7,12,16H,1-4,8-11,13H2,(H,22,23). The molecule has 9 heteroatoms. The molecule has 0 aliphatic carbocycles. The van der Waals surface area contributed by atoms with Crippen LogP contribution in [0.15, 0.2) is 29.2 Å². The van der Waals surface area contributed by atoms with Gasteiger partial charge in [-0.15, -0.1) is 0 Å². The van der Waals surface area contributed by atoms with Gasteiger partial charge in [0.15, 0.2) is 6.10 Å². The Kier molecular flexibility index (Phi) is 6.13. The molecule has 3 rings (SSSR count). The molecular formula is C18H24N2O6S. The van der Waals surface area contributed by atoms with Crippen molar-refractivity contribution in [2.24, 2.45) is 0 Å². The van der Waals surface area contributed by atoms with E-state index in [2.05, 4.69) is 0 Å². The monoisotopic (exact) mass is 396 g/mol. The van der Waals surface area contributed by atoms with E-state index in [1.807, 2.05) is 0 Å². The van der Waals surface area contributed by atoms with Gasteiger partial charge in [0, 0.05) is 25.2 Å². The van der Waals surface area contributed by atoms with Gasteiger partial charge in [-0.1, -0.05) is 18.9 Å². The highest BCUT2D eigenvalue weighted by molar-refractivity contribution is 7.89. The molecule has 148 valence electrons. The van der Waals surface area contributed by atoms with Crippen LogP contribution in [0.4, 0.5) is 0 Å². The number of amides is 1. The lowest BCUT2D eigenvalue weighted by molar-refractivity contribution is -0.154. The van der Waals surface area contributed by atoms with Crippen LogP contribution in [0.1, 0.15) is 36.0 Å². The van der Waals surface area contributed by atoms with Crippen LogP contribution in [0.25, 0.3) is 0 Å². The van der Waals surface area contributed by atoms with Crippen LogP contribution in [-0.2, 0) is 19.6 Å². The normalized spacial score (nSPS) is 22.2. The van der Waals surface area contributed by atoms with Crippen LogP contribution in [0.2, 0.25) is 0 Å². The molecule has 0 aromatic heterocycles. The topological polar surface area (TPSA) is 104 Å². The molecule has 1 unspecified atom stereocenters. The number of rotatable bonds is 4. The first kappa shape index (κ1) is 19.8. The highest BCUT2D eigenvalue weighted by atomic mass is 32.2. The largest absolute Gasteiger partial charge is 0.479 e. The Morgan fingerprint density at radius 3 is 2.44 bits per heavy atom. The number of carbonyl (C=O) groups is 2. The average Bonchev–Trinajstić information content (AvgIpc) is 2.97. The Bertz CT molecular complexity index is 802. The van der Waals surface area contributed by atoms with E-state index in [9.17, 15) is 18.0 Å². The molecule has 2 heterocycles. The Hall–Kier alpha value is -1.97. The Labute approximate surface area is 158 Å².